The summed E-state index contributed by atoms with van der Waals surface area (Å²) in [5, 5.41) is 6.49. The number of carbonyl (C=O) groups excluding carboxylic acids is 1. The molecule has 2 rings (SSSR count). The Morgan fingerprint density at radius 2 is 2.25 bits per heavy atom. The van der Waals surface area contributed by atoms with E-state index in [-0.39, 0.29) is 35.6 Å². The Morgan fingerprint density at radius 3 is 2.90 bits per heavy atom. The van der Waals surface area contributed by atoms with E-state index in [1.165, 1.54) is 0 Å². The van der Waals surface area contributed by atoms with Crippen molar-refractivity contribution in [2.45, 2.75) is 49.9 Å². The molecule has 0 spiro atoms. The van der Waals surface area contributed by atoms with Crippen molar-refractivity contribution in [3.05, 3.63) is 0 Å². The van der Waals surface area contributed by atoms with Crippen molar-refractivity contribution in [1.82, 2.24) is 10.6 Å². The highest BCUT2D eigenvalue weighted by Crippen LogP contribution is 2.23. The SMILES string of the molecule is CCS(=O)C1CCCC(NC(=O)C2COCCN2)C1.Cl. The number of ether oxygens (including phenoxy) is 1. The van der Waals surface area contributed by atoms with Gasteiger partial charge in [0.2, 0.25) is 5.91 Å². The molecule has 4 atom stereocenters. The first-order valence-corrected chi connectivity index (χ1v) is 8.57. The molecule has 1 saturated carbocycles. The molecule has 2 N–H and O–H groups in total. The third kappa shape index (κ3) is 4.98. The van der Waals surface area contributed by atoms with E-state index in [0.717, 1.165) is 32.2 Å². The highest BCUT2D eigenvalue weighted by Gasteiger charge is 2.29. The van der Waals surface area contributed by atoms with Crippen molar-refractivity contribution < 1.29 is 13.7 Å². The lowest BCUT2D eigenvalue weighted by molar-refractivity contribution is -0.126. The maximum Gasteiger partial charge on any atom is 0.239 e. The standard InChI is InChI=1S/C13H24N2O3S.ClH/c1-2-19(17)11-5-3-4-10(8-11)15-13(16)12-9-18-7-6-14-12;/h10-12,14H,2-9H2,1H3,(H,15,16);1H. The fourth-order valence-corrected chi connectivity index (χ4v) is 4.13. The summed E-state index contributed by atoms with van der Waals surface area (Å²) >= 11 is 0. The van der Waals surface area contributed by atoms with Crippen LogP contribution in [0.15, 0.2) is 0 Å². The van der Waals surface area contributed by atoms with E-state index >= 15 is 0 Å². The van der Waals surface area contributed by atoms with Gasteiger partial charge in [0.15, 0.2) is 0 Å². The highest BCUT2D eigenvalue weighted by atomic mass is 35.5. The molecule has 2 fully saturated rings. The van der Waals surface area contributed by atoms with E-state index in [1.807, 2.05) is 6.92 Å². The zero-order valence-corrected chi connectivity index (χ0v) is 13.6. The number of hydrogen-bond acceptors (Lipinski definition) is 4. The maximum atomic E-state index is 12.1. The summed E-state index contributed by atoms with van der Waals surface area (Å²) in [4.78, 5) is 12.1. The van der Waals surface area contributed by atoms with Gasteiger partial charge in [-0.3, -0.25) is 9.00 Å². The minimum Gasteiger partial charge on any atom is -0.378 e. The van der Waals surface area contributed by atoms with Crippen molar-refractivity contribution in [2.24, 2.45) is 0 Å². The molecule has 1 aliphatic heterocycles. The van der Waals surface area contributed by atoms with Gasteiger partial charge in [0.05, 0.1) is 13.2 Å². The quantitative estimate of drug-likeness (QED) is 0.794. The zero-order chi connectivity index (χ0) is 13.7. The molecule has 7 heteroatoms. The van der Waals surface area contributed by atoms with Crippen LogP contribution in [0.3, 0.4) is 0 Å². The number of nitrogens with one attached hydrogen (secondary N) is 2. The van der Waals surface area contributed by atoms with Gasteiger partial charge < -0.3 is 15.4 Å². The minimum absolute atomic E-state index is 0. The van der Waals surface area contributed by atoms with E-state index in [2.05, 4.69) is 10.6 Å². The minimum atomic E-state index is -0.745. The van der Waals surface area contributed by atoms with Crippen molar-refractivity contribution >= 4 is 29.1 Å². The first-order valence-electron chi connectivity index (χ1n) is 7.19. The van der Waals surface area contributed by atoms with Crippen molar-refractivity contribution in [2.75, 3.05) is 25.5 Å². The highest BCUT2D eigenvalue weighted by molar-refractivity contribution is 7.85. The van der Waals surface area contributed by atoms with Gasteiger partial charge in [0, 0.05) is 34.4 Å². The Balaban J connectivity index is 0.00000200. The van der Waals surface area contributed by atoms with Crippen LogP contribution in [0.2, 0.25) is 0 Å². The number of morpholine rings is 1. The molecule has 0 aromatic rings. The van der Waals surface area contributed by atoms with E-state index in [4.69, 9.17) is 4.74 Å². The Bertz CT molecular complexity index is 338. The molecule has 0 aromatic carbocycles. The Kier molecular flexibility index (Phi) is 8.02. The maximum absolute atomic E-state index is 12.1. The molecular weight excluding hydrogens is 300 g/mol. The van der Waals surface area contributed by atoms with Crippen molar-refractivity contribution in [3.63, 3.8) is 0 Å². The zero-order valence-electron chi connectivity index (χ0n) is 11.9. The average Bonchev–Trinajstić information content (AvgIpc) is 2.47. The second kappa shape index (κ2) is 8.97. The van der Waals surface area contributed by atoms with Crippen molar-refractivity contribution in [1.29, 1.82) is 0 Å². The van der Waals surface area contributed by atoms with E-state index in [9.17, 15) is 9.00 Å². The predicted molar refractivity (Wildman–Crippen MR) is 82.7 cm³/mol. The first-order chi connectivity index (χ1) is 9.20. The summed E-state index contributed by atoms with van der Waals surface area (Å²) in [6, 6.07) is -0.0590. The van der Waals surface area contributed by atoms with Gasteiger partial charge in [-0.1, -0.05) is 13.3 Å². The molecule has 118 valence electrons. The number of hydrogen-bond donors (Lipinski definition) is 2. The van der Waals surface area contributed by atoms with Crippen LogP contribution in [-0.2, 0) is 20.3 Å². The first kappa shape index (κ1) is 17.9. The molecule has 1 heterocycles. The van der Waals surface area contributed by atoms with Crippen LogP contribution in [0.1, 0.15) is 32.6 Å². The lowest BCUT2D eigenvalue weighted by Gasteiger charge is -2.31. The predicted octanol–water partition coefficient (Wildman–Crippen LogP) is 0.593. The van der Waals surface area contributed by atoms with Crippen LogP contribution in [0.25, 0.3) is 0 Å². The summed E-state index contributed by atoms with van der Waals surface area (Å²) in [6.07, 6.45) is 3.92. The normalized spacial score (nSPS) is 31.9. The second-order valence-corrected chi connectivity index (χ2v) is 7.25. The van der Waals surface area contributed by atoms with E-state index in [1.54, 1.807) is 0 Å². The molecule has 0 bridgehead atoms. The largest absolute Gasteiger partial charge is 0.378 e. The summed E-state index contributed by atoms with van der Waals surface area (Å²) in [5.41, 5.74) is 0. The fourth-order valence-electron chi connectivity index (χ4n) is 2.79. The molecule has 2 aliphatic rings. The number of amides is 1. The van der Waals surface area contributed by atoms with E-state index < -0.39 is 10.8 Å². The third-order valence-electron chi connectivity index (χ3n) is 3.87. The van der Waals surface area contributed by atoms with Crippen LogP contribution in [0.5, 0.6) is 0 Å². The molecule has 4 unspecified atom stereocenters. The van der Waals surface area contributed by atoms with Gasteiger partial charge in [-0.05, 0) is 19.3 Å². The van der Waals surface area contributed by atoms with Gasteiger partial charge >= 0.3 is 0 Å². The number of halogens is 1. The third-order valence-corrected chi connectivity index (χ3v) is 5.61. The smallest absolute Gasteiger partial charge is 0.239 e. The molecule has 0 aromatic heterocycles. The topological polar surface area (TPSA) is 67.4 Å². The monoisotopic (exact) mass is 324 g/mol. The van der Waals surface area contributed by atoms with Gasteiger partial charge in [-0.15, -0.1) is 12.4 Å². The number of carbonyl (C=O) groups is 1. The van der Waals surface area contributed by atoms with Crippen LogP contribution >= 0.6 is 12.4 Å². The Hall–Kier alpha value is -0.170. The Labute approximate surface area is 129 Å². The van der Waals surface area contributed by atoms with Crippen LogP contribution < -0.4 is 10.6 Å². The van der Waals surface area contributed by atoms with E-state index in [0.29, 0.717) is 19.0 Å². The second-order valence-electron chi connectivity index (χ2n) is 5.25. The van der Waals surface area contributed by atoms with Crippen LogP contribution in [-0.4, -0.2) is 53.0 Å². The van der Waals surface area contributed by atoms with Gasteiger partial charge in [0.25, 0.3) is 0 Å². The molecule has 0 radical (unpaired) electrons. The van der Waals surface area contributed by atoms with Gasteiger partial charge in [-0.2, -0.15) is 0 Å². The van der Waals surface area contributed by atoms with Gasteiger partial charge in [-0.25, -0.2) is 0 Å². The van der Waals surface area contributed by atoms with Crippen molar-refractivity contribution in [3.8, 4) is 0 Å². The Morgan fingerprint density at radius 1 is 1.45 bits per heavy atom. The van der Waals surface area contributed by atoms with Crippen LogP contribution in [0, 0.1) is 0 Å². The lowest BCUT2D eigenvalue weighted by atomic mass is 9.94. The molecule has 1 aliphatic carbocycles. The molecule has 1 amide bonds. The summed E-state index contributed by atoms with van der Waals surface area (Å²) in [5.74, 6) is 0.733. The molecular formula is C13H25ClN2O3S. The summed E-state index contributed by atoms with van der Waals surface area (Å²) in [6.45, 7) is 3.81. The summed E-state index contributed by atoms with van der Waals surface area (Å²) in [7, 11) is -0.745. The van der Waals surface area contributed by atoms with Gasteiger partial charge in [0.1, 0.15) is 6.04 Å². The average molecular weight is 325 g/mol. The number of rotatable bonds is 4. The summed E-state index contributed by atoms with van der Waals surface area (Å²) < 4.78 is 17.2. The molecule has 20 heavy (non-hydrogen) atoms. The molecule has 5 nitrogen and oxygen atoms in total. The fraction of sp³-hybridized carbons (Fsp3) is 0.923. The van der Waals surface area contributed by atoms with Crippen LogP contribution in [0.4, 0.5) is 0 Å². The lowest BCUT2D eigenvalue weighted by Crippen LogP contribution is -2.54. The molecule has 1 saturated heterocycles.